The molecule has 0 unspecified atom stereocenters. The van der Waals surface area contributed by atoms with Crippen molar-refractivity contribution in [1.29, 1.82) is 0 Å². The van der Waals surface area contributed by atoms with Crippen LogP contribution in [-0.2, 0) is 9.53 Å². The Labute approximate surface area is 130 Å². The SMILES string of the molecule is CCCN(CC(=O)OC)C(=O)c1cc(Cl)nc(C(C)C)c1. The minimum atomic E-state index is -0.443. The first kappa shape index (κ1) is 17.4. The molecule has 0 N–H and O–H groups in total. The molecular formula is C15H21ClN2O3. The van der Waals surface area contributed by atoms with Crippen molar-refractivity contribution < 1.29 is 14.3 Å². The first-order valence-corrected chi connectivity index (χ1v) is 7.30. The molecule has 21 heavy (non-hydrogen) atoms. The fraction of sp³-hybridized carbons (Fsp3) is 0.533. The number of methoxy groups -OCH3 is 1. The van der Waals surface area contributed by atoms with Crippen molar-refractivity contribution in [3.8, 4) is 0 Å². The normalized spacial score (nSPS) is 10.6. The zero-order valence-corrected chi connectivity index (χ0v) is 13.6. The molecule has 0 aliphatic rings. The molecule has 0 fully saturated rings. The number of nitrogens with zero attached hydrogens (tertiary/aromatic N) is 2. The van der Waals surface area contributed by atoms with Gasteiger partial charge in [-0.25, -0.2) is 4.98 Å². The molecule has 5 nitrogen and oxygen atoms in total. The number of carbonyl (C=O) groups excluding carboxylic acids is 2. The predicted octanol–water partition coefficient (Wildman–Crippen LogP) is 2.88. The summed E-state index contributed by atoms with van der Waals surface area (Å²) in [6.07, 6.45) is 0.749. The van der Waals surface area contributed by atoms with E-state index in [1.165, 1.54) is 18.1 Å². The highest BCUT2D eigenvalue weighted by molar-refractivity contribution is 6.29. The van der Waals surface area contributed by atoms with Crippen LogP contribution in [0.2, 0.25) is 5.15 Å². The van der Waals surface area contributed by atoms with E-state index < -0.39 is 5.97 Å². The highest BCUT2D eigenvalue weighted by atomic mass is 35.5. The van der Waals surface area contributed by atoms with Crippen LogP contribution in [0.1, 0.15) is 49.2 Å². The molecule has 0 bridgehead atoms. The van der Waals surface area contributed by atoms with Gasteiger partial charge in [-0.05, 0) is 24.5 Å². The minimum absolute atomic E-state index is 0.0693. The van der Waals surface area contributed by atoms with E-state index in [2.05, 4.69) is 9.72 Å². The summed E-state index contributed by atoms with van der Waals surface area (Å²) < 4.78 is 4.63. The molecule has 0 radical (unpaired) electrons. The van der Waals surface area contributed by atoms with Crippen LogP contribution in [0.3, 0.4) is 0 Å². The van der Waals surface area contributed by atoms with Gasteiger partial charge in [0, 0.05) is 17.8 Å². The van der Waals surface area contributed by atoms with Crippen LogP contribution in [0.25, 0.3) is 0 Å². The van der Waals surface area contributed by atoms with Crippen molar-refractivity contribution in [2.75, 3.05) is 20.2 Å². The van der Waals surface area contributed by atoms with Crippen LogP contribution in [0.15, 0.2) is 12.1 Å². The molecule has 6 heteroatoms. The van der Waals surface area contributed by atoms with Crippen LogP contribution >= 0.6 is 11.6 Å². The van der Waals surface area contributed by atoms with Gasteiger partial charge in [0.15, 0.2) is 0 Å². The molecule has 1 aromatic rings. The number of hydrogen-bond acceptors (Lipinski definition) is 4. The lowest BCUT2D eigenvalue weighted by Crippen LogP contribution is -2.36. The third kappa shape index (κ3) is 5.01. The summed E-state index contributed by atoms with van der Waals surface area (Å²) in [4.78, 5) is 29.6. The Morgan fingerprint density at radius 2 is 2.05 bits per heavy atom. The van der Waals surface area contributed by atoms with Gasteiger partial charge in [-0.15, -0.1) is 0 Å². The van der Waals surface area contributed by atoms with Crippen molar-refractivity contribution in [3.63, 3.8) is 0 Å². The summed E-state index contributed by atoms with van der Waals surface area (Å²) in [5.41, 5.74) is 1.19. The number of amides is 1. The quantitative estimate of drug-likeness (QED) is 0.598. The Bertz CT molecular complexity index is 518. The maximum atomic E-state index is 12.5. The second-order valence-electron chi connectivity index (χ2n) is 5.06. The van der Waals surface area contributed by atoms with E-state index in [9.17, 15) is 9.59 Å². The van der Waals surface area contributed by atoms with Crippen molar-refractivity contribution in [2.45, 2.75) is 33.1 Å². The topological polar surface area (TPSA) is 59.5 Å². The van der Waals surface area contributed by atoms with Crippen molar-refractivity contribution in [2.24, 2.45) is 0 Å². The highest BCUT2D eigenvalue weighted by Gasteiger charge is 2.20. The summed E-state index contributed by atoms with van der Waals surface area (Å²) >= 11 is 5.98. The summed E-state index contributed by atoms with van der Waals surface area (Å²) in [6.45, 7) is 6.30. The zero-order chi connectivity index (χ0) is 16.0. The molecule has 0 atom stereocenters. The number of esters is 1. The molecule has 0 aliphatic carbocycles. The summed E-state index contributed by atoms with van der Waals surface area (Å²) in [6, 6.07) is 3.24. The fourth-order valence-electron chi connectivity index (χ4n) is 1.86. The van der Waals surface area contributed by atoms with E-state index >= 15 is 0 Å². The number of rotatable bonds is 6. The van der Waals surface area contributed by atoms with Gasteiger partial charge in [0.25, 0.3) is 5.91 Å². The molecule has 0 spiro atoms. The fourth-order valence-corrected chi connectivity index (χ4v) is 2.08. The number of aromatic nitrogens is 1. The van der Waals surface area contributed by atoms with E-state index in [1.807, 2.05) is 20.8 Å². The van der Waals surface area contributed by atoms with Crippen LogP contribution < -0.4 is 0 Å². The van der Waals surface area contributed by atoms with Gasteiger partial charge in [-0.1, -0.05) is 32.4 Å². The maximum Gasteiger partial charge on any atom is 0.325 e. The predicted molar refractivity (Wildman–Crippen MR) is 81.5 cm³/mol. The molecule has 0 aromatic carbocycles. The van der Waals surface area contributed by atoms with Crippen molar-refractivity contribution >= 4 is 23.5 Å². The molecule has 0 saturated carbocycles. The molecule has 1 heterocycles. The Hall–Kier alpha value is -1.62. The Morgan fingerprint density at radius 3 is 2.57 bits per heavy atom. The van der Waals surface area contributed by atoms with Crippen LogP contribution in [0.5, 0.6) is 0 Å². The zero-order valence-electron chi connectivity index (χ0n) is 12.9. The lowest BCUT2D eigenvalue weighted by Gasteiger charge is -2.21. The Morgan fingerprint density at radius 1 is 1.38 bits per heavy atom. The van der Waals surface area contributed by atoms with Gasteiger partial charge in [0.1, 0.15) is 11.7 Å². The first-order valence-electron chi connectivity index (χ1n) is 6.92. The smallest absolute Gasteiger partial charge is 0.325 e. The summed E-state index contributed by atoms with van der Waals surface area (Å²) in [7, 11) is 1.30. The summed E-state index contributed by atoms with van der Waals surface area (Å²) in [5.74, 6) is -0.523. The van der Waals surface area contributed by atoms with Gasteiger partial charge < -0.3 is 9.64 Å². The number of hydrogen-bond donors (Lipinski definition) is 0. The summed E-state index contributed by atoms with van der Waals surface area (Å²) in [5, 5.41) is 0.277. The third-order valence-electron chi connectivity index (χ3n) is 2.98. The molecule has 0 saturated heterocycles. The highest BCUT2D eigenvalue weighted by Crippen LogP contribution is 2.19. The minimum Gasteiger partial charge on any atom is -0.468 e. The van der Waals surface area contributed by atoms with E-state index in [1.54, 1.807) is 6.07 Å². The Kier molecular flexibility index (Phi) is 6.62. The molecule has 0 aliphatic heterocycles. The van der Waals surface area contributed by atoms with Crippen molar-refractivity contribution in [1.82, 2.24) is 9.88 Å². The second kappa shape index (κ2) is 7.98. The number of pyridine rings is 1. The molecule has 116 valence electrons. The molecule has 1 rings (SSSR count). The van der Waals surface area contributed by atoms with Gasteiger partial charge in [0.2, 0.25) is 0 Å². The molecule has 1 aromatic heterocycles. The molecular weight excluding hydrogens is 292 g/mol. The van der Waals surface area contributed by atoms with E-state index in [-0.39, 0.29) is 23.5 Å². The van der Waals surface area contributed by atoms with E-state index in [4.69, 9.17) is 11.6 Å². The van der Waals surface area contributed by atoms with Crippen molar-refractivity contribution in [3.05, 3.63) is 28.5 Å². The van der Waals surface area contributed by atoms with Gasteiger partial charge in [-0.3, -0.25) is 9.59 Å². The first-order chi connectivity index (χ1) is 9.88. The molecule has 1 amide bonds. The standard InChI is InChI=1S/C15H21ClN2O3/c1-5-6-18(9-14(19)21-4)15(20)11-7-12(10(2)3)17-13(16)8-11/h7-8,10H,5-6,9H2,1-4H3. The lowest BCUT2D eigenvalue weighted by molar-refractivity contribution is -0.141. The monoisotopic (exact) mass is 312 g/mol. The number of carbonyl (C=O) groups is 2. The van der Waals surface area contributed by atoms with E-state index in [0.29, 0.717) is 12.1 Å². The van der Waals surface area contributed by atoms with Gasteiger partial charge in [-0.2, -0.15) is 0 Å². The largest absolute Gasteiger partial charge is 0.468 e. The van der Waals surface area contributed by atoms with Crippen LogP contribution in [0, 0.1) is 0 Å². The number of ether oxygens (including phenoxy) is 1. The maximum absolute atomic E-state index is 12.5. The average molecular weight is 313 g/mol. The third-order valence-corrected chi connectivity index (χ3v) is 3.17. The van der Waals surface area contributed by atoms with Gasteiger partial charge >= 0.3 is 5.97 Å². The van der Waals surface area contributed by atoms with E-state index in [0.717, 1.165) is 12.1 Å². The van der Waals surface area contributed by atoms with Crippen LogP contribution in [-0.4, -0.2) is 42.0 Å². The second-order valence-corrected chi connectivity index (χ2v) is 5.45. The average Bonchev–Trinajstić information content (AvgIpc) is 2.45. The Balaban J connectivity index is 3.05. The van der Waals surface area contributed by atoms with Gasteiger partial charge in [0.05, 0.1) is 7.11 Å². The van der Waals surface area contributed by atoms with Crippen LogP contribution in [0.4, 0.5) is 0 Å². The lowest BCUT2D eigenvalue weighted by atomic mass is 10.1. The number of halogens is 1.